The molecule has 1 saturated heterocycles. The average Bonchev–Trinajstić information content (AvgIpc) is 4.05. The van der Waals surface area contributed by atoms with Gasteiger partial charge in [0, 0.05) is 12.8 Å². The van der Waals surface area contributed by atoms with E-state index in [-0.39, 0.29) is 25.0 Å². The lowest BCUT2D eigenvalue weighted by molar-refractivity contribution is -0.216. The third-order valence-electron chi connectivity index (χ3n) is 11.5. The second kappa shape index (κ2) is 36.6. The number of phosphoric ester groups is 2. The van der Waals surface area contributed by atoms with Gasteiger partial charge in [0.2, 0.25) is 0 Å². The van der Waals surface area contributed by atoms with Crippen LogP contribution in [-0.2, 0) is 46.5 Å². The monoisotopic (exact) mass is 1010 g/mol. The van der Waals surface area contributed by atoms with Gasteiger partial charge in [-0.25, -0.2) is 9.13 Å². The highest BCUT2D eigenvalue weighted by Crippen LogP contribution is 2.49. The lowest BCUT2D eigenvalue weighted by atomic mass is 9.85. The van der Waals surface area contributed by atoms with Gasteiger partial charge in [-0.1, -0.05) is 132 Å². The van der Waals surface area contributed by atoms with Crippen molar-refractivity contribution in [1.29, 1.82) is 0 Å². The summed E-state index contributed by atoms with van der Waals surface area (Å²) in [6.07, 6.45) is 28.9. The molecule has 1 aliphatic carbocycles. The Hall–Kier alpha value is -2.34. The van der Waals surface area contributed by atoms with Crippen molar-refractivity contribution in [1.82, 2.24) is 0 Å². The molecule has 2 rings (SSSR count). The van der Waals surface area contributed by atoms with Crippen LogP contribution in [0.4, 0.5) is 0 Å². The number of esters is 2. The standard InChI is InChI=1S/C49H84O17P2/c1-3-5-7-9-11-13-15-17-18-19-20-21-23-25-27-29-31-35-43(51)63-39(38-62-68(59,60)66-49-46(54)44(52)45(53)48(47(49)55)65-67(56,57)58)37-61-42(50)36-32-34-41-40(64-41)33-30-28-26-24-22-16-14-12-10-8-6-4-2/h11-14,17-18,22,24,28,30,39-41,44-49,52-55H,3-10,15-16,19-21,23,25-27,29,31-38H2,1-2H3,(H,59,60)(H2,56,57,58)/b13-11-,14-12-,18-17-,24-22-,30-28-/t39-,40?,41?,44?,45?,46?,47?,48-,49+/m1/s1. The van der Waals surface area contributed by atoms with Crippen LogP contribution in [0.2, 0.25) is 0 Å². The summed E-state index contributed by atoms with van der Waals surface area (Å²) in [5.41, 5.74) is 0. The quantitative estimate of drug-likeness (QED) is 0.00993. The van der Waals surface area contributed by atoms with Gasteiger partial charge < -0.3 is 49.3 Å². The first-order valence-corrected chi connectivity index (χ1v) is 28.0. The van der Waals surface area contributed by atoms with Gasteiger partial charge in [-0.3, -0.25) is 23.2 Å². The number of ether oxygens (including phenoxy) is 3. The number of epoxide rings is 1. The summed E-state index contributed by atoms with van der Waals surface area (Å²) >= 11 is 0. The highest BCUT2D eigenvalue weighted by Gasteiger charge is 2.54. The van der Waals surface area contributed by atoms with Gasteiger partial charge in [-0.05, 0) is 83.5 Å². The van der Waals surface area contributed by atoms with Gasteiger partial charge in [-0.2, -0.15) is 0 Å². The summed E-state index contributed by atoms with van der Waals surface area (Å²) in [6, 6.07) is 0. The van der Waals surface area contributed by atoms with Crippen molar-refractivity contribution >= 4 is 27.6 Å². The minimum atomic E-state index is -5.38. The number of phosphoric acid groups is 2. The molecule has 0 spiro atoms. The highest BCUT2D eigenvalue weighted by molar-refractivity contribution is 7.47. The van der Waals surface area contributed by atoms with E-state index in [1.54, 1.807) is 0 Å². The van der Waals surface area contributed by atoms with E-state index >= 15 is 0 Å². The van der Waals surface area contributed by atoms with Crippen LogP contribution in [0.15, 0.2) is 60.8 Å². The van der Waals surface area contributed by atoms with Crippen LogP contribution in [0.5, 0.6) is 0 Å². The summed E-state index contributed by atoms with van der Waals surface area (Å²) in [6.45, 7) is 2.99. The fourth-order valence-corrected chi connectivity index (χ4v) is 9.03. The minimum absolute atomic E-state index is 0.0164. The maximum absolute atomic E-state index is 13.0. The van der Waals surface area contributed by atoms with Gasteiger partial charge >= 0.3 is 27.6 Å². The number of allylic oxidation sites excluding steroid dienone is 9. The molecule has 0 radical (unpaired) electrons. The molecule has 17 nitrogen and oxygen atoms in total. The Morgan fingerprint density at radius 1 is 0.544 bits per heavy atom. The van der Waals surface area contributed by atoms with E-state index in [1.807, 2.05) is 0 Å². The Balaban J connectivity index is 1.81. The lowest BCUT2D eigenvalue weighted by Gasteiger charge is -2.43. The molecule has 1 saturated carbocycles. The van der Waals surface area contributed by atoms with Crippen molar-refractivity contribution in [3.8, 4) is 0 Å². The Morgan fingerprint density at radius 2 is 1.03 bits per heavy atom. The summed E-state index contributed by atoms with van der Waals surface area (Å²) in [5.74, 6) is -1.29. The Bertz CT molecular complexity index is 1610. The first-order valence-electron chi connectivity index (χ1n) is 25.0. The highest BCUT2D eigenvalue weighted by atomic mass is 31.2. The molecule has 0 aromatic heterocycles. The first kappa shape index (κ1) is 61.8. The van der Waals surface area contributed by atoms with E-state index < -0.39 is 83.5 Å². The molecule has 1 aliphatic heterocycles. The molecule has 0 aromatic carbocycles. The predicted molar refractivity (Wildman–Crippen MR) is 259 cm³/mol. The number of rotatable bonds is 40. The maximum Gasteiger partial charge on any atom is 0.472 e. The molecule has 0 amide bonds. The molecule has 10 atom stereocenters. The molecular weight excluding hydrogens is 922 g/mol. The Morgan fingerprint density at radius 3 is 1.59 bits per heavy atom. The number of unbranched alkanes of at least 4 members (excludes halogenated alkanes) is 13. The van der Waals surface area contributed by atoms with Crippen LogP contribution >= 0.6 is 15.6 Å². The van der Waals surface area contributed by atoms with Crippen molar-refractivity contribution in [2.75, 3.05) is 13.2 Å². The third kappa shape index (κ3) is 29.8. The summed E-state index contributed by atoms with van der Waals surface area (Å²) in [7, 11) is -10.7. The fraction of sp³-hybridized carbons (Fsp3) is 0.755. The summed E-state index contributed by atoms with van der Waals surface area (Å²) in [4.78, 5) is 54.5. The SMILES string of the molecule is CCCCC/C=C\C/C=C\C/C=C\CC1OC1CCCC(=O)OC[C@H](COP(=O)(O)O[C@H]1C(O)C(O)C(O)[C@@H](OP(=O)(O)O)C1O)OC(=O)CCCCCCCCC/C=C\C/C=C\CCCCC. The zero-order valence-electron chi connectivity index (χ0n) is 40.5. The second-order valence-electron chi connectivity index (χ2n) is 17.6. The fourth-order valence-electron chi connectivity index (χ4n) is 7.50. The molecule has 7 unspecified atom stereocenters. The molecule has 19 heteroatoms. The van der Waals surface area contributed by atoms with Crippen LogP contribution in [0.25, 0.3) is 0 Å². The zero-order chi connectivity index (χ0) is 50.0. The van der Waals surface area contributed by atoms with E-state index in [1.165, 1.54) is 38.5 Å². The van der Waals surface area contributed by atoms with E-state index in [4.69, 9.17) is 23.3 Å². The number of hydrogen-bond donors (Lipinski definition) is 7. The molecule has 68 heavy (non-hydrogen) atoms. The molecule has 2 fully saturated rings. The number of aliphatic hydroxyl groups excluding tert-OH is 4. The number of hydrogen-bond acceptors (Lipinski definition) is 14. The molecular formula is C49H84O17P2. The maximum atomic E-state index is 13.0. The molecule has 1 heterocycles. The lowest BCUT2D eigenvalue weighted by Crippen LogP contribution is -2.64. The minimum Gasteiger partial charge on any atom is -0.462 e. The molecule has 392 valence electrons. The third-order valence-corrected chi connectivity index (χ3v) is 13.0. The molecule has 0 bridgehead atoms. The van der Waals surface area contributed by atoms with Crippen LogP contribution in [0, 0.1) is 0 Å². The van der Waals surface area contributed by atoms with Crippen LogP contribution in [0.3, 0.4) is 0 Å². The second-order valence-corrected chi connectivity index (χ2v) is 20.2. The van der Waals surface area contributed by atoms with Gasteiger partial charge in [0.1, 0.15) is 43.2 Å². The first-order chi connectivity index (χ1) is 32.6. The molecule has 2 aliphatic rings. The Kier molecular flexibility index (Phi) is 33.2. The zero-order valence-corrected chi connectivity index (χ0v) is 42.3. The summed E-state index contributed by atoms with van der Waals surface area (Å²) < 4.78 is 55.2. The number of carbonyl (C=O) groups excluding carboxylic acids is 2. The topological polar surface area (TPSA) is 269 Å². The molecule has 0 aromatic rings. The van der Waals surface area contributed by atoms with Gasteiger partial charge in [0.25, 0.3) is 0 Å². The average molecular weight is 1010 g/mol. The Labute approximate surface area is 404 Å². The molecule has 7 N–H and O–H groups in total. The van der Waals surface area contributed by atoms with E-state index in [2.05, 4.69) is 79.1 Å². The summed E-state index contributed by atoms with van der Waals surface area (Å²) in [5, 5.41) is 41.3. The van der Waals surface area contributed by atoms with Crippen molar-refractivity contribution < 1.29 is 81.6 Å². The van der Waals surface area contributed by atoms with E-state index in [0.717, 1.165) is 83.5 Å². The number of aliphatic hydroxyl groups is 4. The van der Waals surface area contributed by atoms with Crippen LogP contribution < -0.4 is 0 Å². The van der Waals surface area contributed by atoms with Crippen molar-refractivity contribution in [3.05, 3.63) is 60.8 Å². The van der Waals surface area contributed by atoms with Gasteiger partial charge in [0.05, 0.1) is 18.8 Å². The van der Waals surface area contributed by atoms with Crippen molar-refractivity contribution in [2.24, 2.45) is 0 Å². The van der Waals surface area contributed by atoms with Gasteiger partial charge in [0.15, 0.2) is 6.10 Å². The van der Waals surface area contributed by atoms with E-state index in [0.29, 0.717) is 19.3 Å². The normalized spacial score (nSPS) is 24.7. The van der Waals surface area contributed by atoms with Crippen molar-refractivity contribution in [2.45, 2.75) is 223 Å². The van der Waals surface area contributed by atoms with Gasteiger partial charge in [-0.15, -0.1) is 0 Å². The number of carbonyl (C=O) groups is 2. The largest absolute Gasteiger partial charge is 0.472 e. The van der Waals surface area contributed by atoms with E-state index in [9.17, 15) is 53.8 Å². The smallest absolute Gasteiger partial charge is 0.462 e. The van der Waals surface area contributed by atoms with Crippen LogP contribution in [0.1, 0.15) is 168 Å². The predicted octanol–water partition coefficient (Wildman–Crippen LogP) is 8.83. The van der Waals surface area contributed by atoms with Crippen molar-refractivity contribution in [3.63, 3.8) is 0 Å². The van der Waals surface area contributed by atoms with Crippen LogP contribution in [-0.4, -0.2) is 115 Å².